The number of carbonyl (C=O) groups excluding carboxylic acids is 1. The molecule has 1 saturated heterocycles. The monoisotopic (exact) mass is 178 g/mol. The number of halogens is 1. The molecule has 0 aromatic rings. The Kier molecular flexibility index (Phi) is 4.45. The Balaban J connectivity index is 0.000001000. The minimum atomic E-state index is 0. The highest BCUT2D eigenvalue weighted by molar-refractivity contribution is 5.85. The fourth-order valence-corrected chi connectivity index (χ4v) is 0.916. The molecule has 4 heteroatoms. The molecular weight excluding hydrogens is 164 g/mol. The smallest absolute Gasteiger partial charge is 0.223 e. The van der Waals surface area contributed by atoms with E-state index in [1.807, 2.05) is 0 Å². The predicted molar refractivity (Wildman–Crippen MR) is 47.0 cm³/mol. The third-order valence-corrected chi connectivity index (χ3v) is 1.85. The van der Waals surface area contributed by atoms with Crippen molar-refractivity contribution in [2.75, 3.05) is 20.6 Å². The number of rotatable bonds is 2. The maximum atomic E-state index is 11.0. The van der Waals surface area contributed by atoms with Gasteiger partial charge in [0.2, 0.25) is 5.91 Å². The summed E-state index contributed by atoms with van der Waals surface area (Å²) in [4.78, 5) is 12.7. The lowest BCUT2D eigenvalue weighted by Crippen LogP contribution is -2.45. The minimum absolute atomic E-state index is 0. The van der Waals surface area contributed by atoms with Crippen LogP contribution in [0.4, 0.5) is 0 Å². The van der Waals surface area contributed by atoms with Gasteiger partial charge in [-0.25, -0.2) is 0 Å². The molecule has 1 amide bonds. The van der Waals surface area contributed by atoms with Crippen molar-refractivity contribution in [1.82, 2.24) is 10.2 Å². The molecule has 3 nitrogen and oxygen atoms in total. The normalized spacial score (nSPS) is 21.5. The molecule has 1 unspecified atom stereocenters. The van der Waals surface area contributed by atoms with Crippen LogP contribution in [0.2, 0.25) is 0 Å². The van der Waals surface area contributed by atoms with Crippen LogP contribution in [0.5, 0.6) is 0 Å². The van der Waals surface area contributed by atoms with Gasteiger partial charge in [-0.3, -0.25) is 4.79 Å². The van der Waals surface area contributed by atoms with Crippen LogP contribution >= 0.6 is 12.4 Å². The van der Waals surface area contributed by atoms with E-state index in [4.69, 9.17) is 0 Å². The Morgan fingerprint density at radius 3 is 2.45 bits per heavy atom. The van der Waals surface area contributed by atoms with Gasteiger partial charge >= 0.3 is 0 Å². The van der Waals surface area contributed by atoms with E-state index in [1.54, 1.807) is 19.0 Å². The van der Waals surface area contributed by atoms with E-state index in [0.29, 0.717) is 12.5 Å². The third kappa shape index (κ3) is 3.08. The molecule has 1 heterocycles. The highest BCUT2D eigenvalue weighted by atomic mass is 35.5. The Morgan fingerprint density at radius 1 is 1.64 bits per heavy atom. The lowest BCUT2D eigenvalue weighted by Gasteiger charge is -2.27. The van der Waals surface area contributed by atoms with E-state index in [9.17, 15) is 4.79 Å². The predicted octanol–water partition coefficient (Wildman–Crippen LogP) is 0.248. The molecule has 0 saturated carbocycles. The molecule has 1 fully saturated rings. The van der Waals surface area contributed by atoms with Crippen molar-refractivity contribution in [1.29, 1.82) is 0 Å². The van der Waals surface area contributed by atoms with E-state index in [2.05, 4.69) is 5.32 Å². The standard InChI is InChI=1S/C7H14N2O.ClH/c1-9(2)7(10)5-6-3-4-8-6;/h6,8H,3-5H2,1-2H3;1H. The zero-order valence-electron chi connectivity index (χ0n) is 6.96. The molecule has 1 N–H and O–H groups in total. The maximum Gasteiger partial charge on any atom is 0.223 e. The van der Waals surface area contributed by atoms with Crippen LogP contribution in [0, 0.1) is 0 Å². The number of hydrogen-bond donors (Lipinski definition) is 1. The summed E-state index contributed by atoms with van der Waals surface area (Å²) in [6.07, 6.45) is 1.81. The average molecular weight is 179 g/mol. The van der Waals surface area contributed by atoms with Gasteiger partial charge in [-0.05, 0) is 13.0 Å². The number of hydrogen-bond acceptors (Lipinski definition) is 2. The van der Waals surface area contributed by atoms with Gasteiger partial charge in [0.05, 0.1) is 0 Å². The molecule has 1 atom stereocenters. The molecule has 0 bridgehead atoms. The first-order valence-corrected chi connectivity index (χ1v) is 3.63. The van der Waals surface area contributed by atoms with Crippen LogP contribution in [0.3, 0.4) is 0 Å². The van der Waals surface area contributed by atoms with Crippen molar-refractivity contribution in [3.8, 4) is 0 Å². The van der Waals surface area contributed by atoms with Gasteiger partial charge in [-0.1, -0.05) is 0 Å². The van der Waals surface area contributed by atoms with Gasteiger partial charge in [0.15, 0.2) is 0 Å². The molecule has 0 aromatic carbocycles. The summed E-state index contributed by atoms with van der Waals surface area (Å²) >= 11 is 0. The summed E-state index contributed by atoms with van der Waals surface area (Å²) in [5.74, 6) is 0.220. The van der Waals surface area contributed by atoms with Gasteiger partial charge in [0, 0.05) is 26.6 Å². The summed E-state index contributed by atoms with van der Waals surface area (Å²) in [7, 11) is 3.59. The van der Waals surface area contributed by atoms with E-state index in [1.165, 1.54) is 0 Å². The van der Waals surface area contributed by atoms with Gasteiger partial charge < -0.3 is 10.2 Å². The Labute approximate surface area is 73.5 Å². The number of amides is 1. The molecule has 0 aliphatic carbocycles. The molecule has 0 aromatic heterocycles. The lowest BCUT2D eigenvalue weighted by atomic mass is 10.0. The highest BCUT2D eigenvalue weighted by Crippen LogP contribution is 2.06. The fraction of sp³-hybridized carbons (Fsp3) is 0.857. The number of nitrogens with zero attached hydrogens (tertiary/aromatic N) is 1. The SMILES string of the molecule is CN(C)C(=O)CC1CCN1.Cl. The van der Waals surface area contributed by atoms with Crippen molar-refractivity contribution in [2.24, 2.45) is 0 Å². The van der Waals surface area contributed by atoms with Crippen LogP contribution in [0.15, 0.2) is 0 Å². The van der Waals surface area contributed by atoms with Crippen LogP contribution < -0.4 is 5.32 Å². The summed E-state index contributed by atoms with van der Waals surface area (Å²) in [5, 5.41) is 3.18. The lowest BCUT2D eigenvalue weighted by molar-refractivity contribution is -0.129. The van der Waals surface area contributed by atoms with Crippen LogP contribution in [-0.2, 0) is 4.79 Å². The molecule has 1 aliphatic heterocycles. The topological polar surface area (TPSA) is 32.3 Å². The highest BCUT2D eigenvalue weighted by Gasteiger charge is 2.20. The molecule has 11 heavy (non-hydrogen) atoms. The van der Waals surface area contributed by atoms with Crippen molar-refractivity contribution in [2.45, 2.75) is 18.9 Å². The third-order valence-electron chi connectivity index (χ3n) is 1.85. The molecule has 0 spiro atoms. The first-order valence-electron chi connectivity index (χ1n) is 3.63. The minimum Gasteiger partial charge on any atom is -0.349 e. The molecule has 0 radical (unpaired) electrons. The van der Waals surface area contributed by atoms with E-state index >= 15 is 0 Å². The summed E-state index contributed by atoms with van der Waals surface area (Å²) in [6.45, 7) is 1.07. The molecule has 1 rings (SSSR count). The van der Waals surface area contributed by atoms with E-state index in [-0.39, 0.29) is 18.3 Å². The second-order valence-electron chi connectivity index (χ2n) is 2.93. The molecule has 1 aliphatic rings. The van der Waals surface area contributed by atoms with Crippen molar-refractivity contribution in [3.05, 3.63) is 0 Å². The van der Waals surface area contributed by atoms with Crippen molar-refractivity contribution in [3.63, 3.8) is 0 Å². The van der Waals surface area contributed by atoms with Crippen LogP contribution in [0.25, 0.3) is 0 Å². The first-order chi connectivity index (χ1) is 4.70. The zero-order chi connectivity index (χ0) is 7.56. The number of carbonyl (C=O) groups is 1. The Bertz CT molecular complexity index is 134. The maximum absolute atomic E-state index is 11.0. The Hall–Kier alpha value is -0.280. The van der Waals surface area contributed by atoms with Crippen LogP contribution in [0.1, 0.15) is 12.8 Å². The number of nitrogens with one attached hydrogen (secondary N) is 1. The van der Waals surface area contributed by atoms with Crippen molar-refractivity contribution < 1.29 is 4.79 Å². The van der Waals surface area contributed by atoms with E-state index in [0.717, 1.165) is 13.0 Å². The van der Waals surface area contributed by atoms with Gasteiger partial charge in [0.25, 0.3) is 0 Å². The zero-order valence-corrected chi connectivity index (χ0v) is 7.78. The second kappa shape index (κ2) is 4.57. The summed E-state index contributed by atoms with van der Waals surface area (Å²) in [5.41, 5.74) is 0. The second-order valence-corrected chi connectivity index (χ2v) is 2.93. The van der Waals surface area contributed by atoms with E-state index < -0.39 is 0 Å². The summed E-state index contributed by atoms with van der Waals surface area (Å²) < 4.78 is 0. The first kappa shape index (κ1) is 10.7. The van der Waals surface area contributed by atoms with Gasteiger partial charge in [-0.2, -0.15) is 0 Å². The van der Waals surface area contributed by atoms with Gasteiger partial charge in [-0.15, -0.1) is 12.4 Å². The largest absolute Gasteiger partial charge is 0.349 e. The molecule has 66 valence electrons. The van der Waals surface area contributed by atoms with Crippen LogP contribution in [-0.4, -0.2) is 37.5 Å². The summed E-state index contributed by atoms with van der Waals surface area (Å²) in [6, 6.07) is 0.454. The fourth-order valence-electron chi connectivity index (χ4n) is 0.916. The average Bonchev–Trinajstić information content (AvgIpc) is 1.77. The van der Waals surface area contributed by atoms with Crippen molar-refractivity contribution >= 4 is 18.3 Å². The quantitative estimate of drug-likeness (QED) is 0.658. The molecular formula is C7H15ClN2O. The van der Waals surface area contributed by atoms with Gasteiger partial charge in [0.1, 0.15) is 0 Å². The Morgan fingerprint density at radius 2 is 2.18 bits per heavy atom.